The van der Waals surface area contributed by atoms with Crippen LogP contribution in [-0.4, -0.2) is 11.7 Å². The van der Waals surface area contributed by atoms with Gasteiger partial charge < -0.3 is 15.2 Å². The molecule has 0 saturated carbocycles. The minimum absolute atomic E-state index is 0.266. The van der Waals surface area contributed by atoms with E-state index < -0.39 is 0 Å². The van der Waals surface area contributed by atoms with E-state index in [4.69, 9.17) is 4.74 Å². The second kappa shape index (κ2) is 5.25. The van der Waals surface area contributed by atoms with Crippen LogP contribution in [-0.2, 0) is 0 Å². The van der Waals surface area contributed by atoms with Crippen LogP contribution in [0.2, 0.25) is 0 Å². The predicted octanol–water partition coefficient (Wildman–Crippen LogP) is 3.53. The van der Waals surface area contributed by atoms with E-state index in [0.29, 0.717) is 6.61 Å². The summed E-state index contributed by atoms with van der Waals surface area (Å²) in [6.45, 7) is 2.63. The van der Waals surface area contributed by atoms with Gasteiger partial charge in [-0.15, -0.1) is 0 Å². The van der Waals surface area contributed by atoms with Crippen molar-refractivity contribution in [3.05, 3.63) is 48.5 Å². The summed E-state index contributed by atoms with van der Waals surface area (Å²) in [4.78, 5) is 0. The summed E-state index contributed by atoms with van der Waals surface area (Å²) in [5.41, 5.74) is 1.92. The maximum Gasteiger partial charge on any atom is 0.119 e. The van der Waals surface area contributed by atoms with E-state index in [9.17, 15) is 5.11 Å². The molecule has 0 aliphatic rings. The monoisotopic (exact) mass is 229 g/mol. The Morgan fingerprint density at radius 2 is 1.47 bits per heavy atom. The quantitative estimate of drug-likeness (QED) is 0.788. The molecule has 2 N–H and O–H groups in total. The number of phenols is 1. The van der Waals surface area contributed by atoms with Gasteiger partial charge in [0.1, 0.15) is 11.5 Å². The van der Waals surface area contributed by atoms with Gasteiger partial charge in [0.15, 0.2) is 0 Å². The van der Waals surface area contributed by atoms with Gasteiger partial charge in [0, 0.05) is 11.4 Å². The van der Waals surface area contributed by atoms with E-state index in [0.717, 1.165) is 17.1 Å². The van der Waals surface area contributed by atoms with Gasteiger partial charge in [-0.05, 0) is 55.5 Å². The lowest BCUT2D eigenvalue weighted by molar-refractivity contribution is 0.340. The second-order valence-electron chi connectivity index (χ2n) is 3.63. The Morgan fingerprint density at radius 1 is 0.941 bits per heavy atom. The molecule has 0 bridgehead atoms. The molecule has 2 aromatic carbocycles. The van der Waals surface area contributed by atoms with Gasteiger partial charge in [0.25, 0.3) is 0 Å². The molecule has 0 heterocycles. The highest BCUT2D eigenvalue weighted by molar-refractivity contribution is 5.60. The molecule has 0 fully saturated rings. The summed E-state index contributed by atoms with van der Waals surface area (Å²) in [7, 11) is 0. The number of anilines is 2. The fourth-order valence-corrected chi connectivity index (χ4v) is 1.51. The first-order chi connectivity index (χ1) is 8.28. The summed E-state index contributed by atoms with van der Waals surface area (Å²) in [5, 5.41) is 12.4. The van der Waals surface area contributed by atoms with Crippen LogP contribution >= 0.6 is 0 Å². The third kappa shape index (κ3) is 3.14. The van der Waals surface area contributed by atoms with Crippen molar-refractivity contribution in [1.82, 2.24) is 0 Å². The van der Waals surface area contributed by atoms with E-state index in [1.54, 1.807) is 12.1 Å². The standard InChI is InChI=1S/C14H15NO2/c1-2-17-14-9-5-12(6-10-14)15-11-3-7-13(16)8-4-11/h3-10,15-16H,2H2,1H3. The lowest BCUT2D eigenvalue weighted by Crippen LogP contribution is -1.92. The summed E-state index contributed by atoms with van der Waals surface area (Å²) in [5.74, 6) is 1.13. The number of ether oxygens (including phenoxy) is 1. The Morgan fingerprint density at radius 3 is 2.00 bits per heavy atom. The molecule has 2 aromatic rings. The number of hydrogen-bond acceptors (Lipinski definition) is 3. The average molecular weight is 229 g/mol. The van der Waals surface area contributed by atoms with Crippen molar-refractivity contribution in [2.75, 3.05) is 11.9 Å². The van der Waals surface area contributed by atoms with Gasteiger partial charge in [-0.3, -0.25) is 0 Å². The van der Waals surface area contributed by atoms with Gasteiger partial charge in [-0.25, -0.2) is 0 Å². The van der Waals surface area contributed by atoms with E-state index in [-0.39, 0.29) is 5.75 Å². The number of benzene rings is 2. The topological polar surface area (TPSA) is 41.5 Å². The summed E-state index contributed by atoms with van der Waals surface area (Å²) in [6.07, 6.45) is 0. The molecule has 0 saturated heterocycles. The largest absolute Gasteiger partial charge is 0.508 e. The minimum atomic E-state index is 0.266. The van der Waals surface area contributed by atoms with Crippen molar-refractivity contribution in [3.8, 4) is 11.5 Å². The first-order valence-corrected chi connectivity index (χ1v) is 5.57. The molecule has 0 atom stereocenters. The number of rotatable bonds is 4. The highest BCUT2D eigenvalue weighted by atomic mass is 16.5. The Balaban J connectivity index is 2.05. The first-order valence-electron chi connectivity index (χ1n) is 5.57. The number of aromatic hydroxyl groups is 1. The first kappa shape index (κ1) is 11.3. The van der Waals surface area contributed by atoms with Crippen LogP contribution in [0.3, 0.4) is 0 Å². The van der Waals surface area contributed by atoms with Crippen LogP contribution < -0.4 is 10.1 Å². The van der Waals surface area contributed by atoms with E-state index in [1.807, 2.05) is 43.3 Å². The van der Waals surface area contributed by atoms with Gasteiger partial charge in [-0.1, -0.05) is 0 Å². The summed E-state index contributed by atoms with van der Waals surface area (Å²) < 4.78 is 5.37. The van der Waals surface area contributed by atoms with Gasteiger partial charge in [-0.2, -0.15) is 0 Å². The highest BCUT2D eigenvalue weighted by Gasteiger charge is 1.96. The number of nitrogens with one attached hydrogen (secondary N) is 1. The molecule has 0 radical (unpaired) electrons. The third-order valence-corrected chi connectivity index (χ3v) is 2.32. The van der Waals surface area contributed by atoms with Crippen LogP contribution in [0, 0.1) is 0 Å². The van der Waals surface area contributed by atoms with Crippen LogP contribution in [0.1, 0.15) is 6.92 Å². The second-order valence-corrected chi connectivity index (χ2v) is 3.63. The normalized spacial score (nSPS) is 9.94. The smallest absolute Gasteiger partial charge is 0.119 e. The lowest BCUT2D eigenvalue weighted by Gasteiger charge is -2.08. The van der Waals surface area contributed by atoms with E-state index >= 15 is 0 Å². The molecule has 0 aromatic heterocycles. The summed E-state index contributed by atoms with van der Waals surface area (Å²) in [6, 6.07) is 14.7. The number of phenolic OH excluding ortho intramolecular Hbond substituents is 1. The molecular weight excluding hydrogens is 214 g/mol. The van der Waals surface area contributed by atoms with Crippen molar-refractivity contribution in [2.45, 2.75) is 6.92 Å². The molecule has 2 rings (SSSR count). The third-order valence-electron chi connectivity index (χ3n) is 2.32. The van der Waals surface area contributed by atoms with Crippen molar-refractivity contribution >= 4 is 11.4 Å². The zero-order chi connectivity index (χ0) is 12.1. The lowest BCUT2D eigenvalue weighted by atomic mass is 10.2. The molecule has 0 amide bonds. The zero-order valence-corrected chi connectivity index (χ0v) is 9.68. The maximum absolute atomic E-state index is 9.17. The Labute approximate surface area is 101 Å². The highest BCUT2D eigenvalue weighted by Crippen LogP contribution is 2.21. The molecule has 0 spiro atoms. The van der Waals surface area contributed by atoms with Crippen molar-refractivity contribution in [1.29, 1.82) is 0 Å². The average Bonchev–Trinajstić information content (AvgIpc) is 2.35. The predicted molar refractivity (Wildman–Crippen MR) is 69.0 cm³/mol. The van der Waals surface area contributed by atoms with Crippen LogP contribution in [0.15, 0.2) is 48.5 Å². The fraction of sp³-hybridized carbons (Fsp3) is 0.143. The SMILES string of the molecule is CCOc1ccc(Nc2ccc(O)cc2)cc1. The minimum Gasteiger partial charge on any atom is -0.508 e. The number of hydrogen-bond donors (Lipinski definition) is 2. The van der Waals surface area contributed by atoms with Gasteiger partial charge in [0.2, 0.25) is 0 Å². The van der Waals surface area contributed by atoms with Gasteiger partial charge in [0.05, 0.1) is 6.61 Å². The Hall–Kier alpha value is -2.16. The van der Waals surface area contributed by atoms with Crippen molar-refractivity contribution < 1.29 is 9.84 Å². The summed E-state index contributed by atoms with van der Waals surface area (Å²) >= 11 is 0. The zero-order valence-electron chi connectivity index (χ0n) is 9.68. The molecule has 0 unspecified atom stereocenters. The molecule has 3 nitrogen and oxygen atoms in total. The van der Waals surface area contributed by atoms with Crippen molar-refractivity contribution in [2.24, 2.45) is 0 Å². The van der Waals surface area contributed by atoms with E-state index in [1.165, 1.54) is 0 Å². The van der Waals surface area contributed by atoms with Crippen LogP contribution in [0.25, 0.3) is 0 Å². The molecule has 88 valence electrons. The van der Waals surface area contributed by atoms with Crippen LogP contribution in [0.5, 0.6) is 11.5 Å². The molecule has 3 heteroatoms. The van der Waals surface area contributed by atoms with Crippen LogP contribution in [0.4, 0.5) is 11.4 Å². The van der Waals surface area contributed by atoms with Crippen molar-refractivity contribution in [3.63, 3.8) is 0 Å². The molecule has 0 aliphatic heterocycles. The Kier molecular flexibility index (Phi) is 3.50. The molecule has 0 aliphatic carbocycles. The molecule has 17 heavy (non-hydrogen) atoms. The molecular formula is C14H15NO2. The van der Waals surface area contributed by atoms with Gasteiger partial charge >= 0.3 is 0 Å². The Bertz CT molecular complexity index is 463. The van der Waals surface area contributed by atoms with E-state index in [2.05, 4.69) is 5.32 Å². The fourth-order valence-electron chi connectivity index (χ4n) is 1.51. The maximum atomic E-state index is 9.17.